The van der Waals surface area contributed by atoms with Gasteiger partial charge in [-0.25, -0.2) is 9.37 Å². The molecule has 42 heavy (non-hydrogen) atoms. The van der Waals surface area contributed by atoms with Gasteiger partial charge in [0.25, 0.3) is 0 Å². The molecule has 10 nitrogen and oxygen atoms in total. The first kappa shape index (κ1) is 27.0. The molecular weight excluding hydrogens is 535 g/mol. The van der Waals surface area contributed by atoms with E-state index in [1.807, 2.05) is 43.3 Å². The molecule has 0 bridgehead atoms. The molecule has 0 aliphatic heterocycles. The Labute approximate surface area is 241 Å². The summed E-state index contributed by atoms with van der Waals surface area (Å²) in [5.41, 5.74) is 6.56. The van der Waals surface area contributed by atoms with E-state index >= 15 is 0 Å². The zero-order valence-electron chi connectivity index (χ0n) is 23.4. The highest BCUT2D eigenvalue weighted by atomic mass is 19.1. The van der Waals surface area contributed by atoms with Crippen molar-refractivity contribution in [2.75, 3.05) is 32.6 Å². The quantitative estimate of drug-likeness (QED) is 0.207. The van der Waals surface area contributed by atoms with Crippen LogP contribution in [0.1, 0.15) is 13.3 Å². The lowest BCUT2D eigenvalue weighted by Crippen LogP contribution is -2.19. The Kier molecular flexibility index (Phi) is 7.32. The smallest absolute Gasteiger partial charge is 0.224 e. The number of ether oxygens (including phenoxy) is 1. The van der Waals surface area contributed by atoms with E-state index in [1.54, 1.807) is 37.9 Å². The van der Waals surface area contributed by atoms with Gasteiger partial charge in [-0.2, -0.15) is 5.10 Å². The molecule has 5 heterocycles. The number of pyridine rings is 3. The van der Waals surface area contributed by atoms with Crippen molar-refractivity contribution in [3.8, 4) is 39.4 Å². The number of aromatic nitrogens is 6. The van der Waals surface area contributed by atoms with Gasteiger partial charge in [-0.1, -0.05) is 6.92 Å². The summed E-state index contributed by atoms with van der Waals surface area (Å²) >= 11 is 0. The molecule has 5 aromatic heterocycles. The monoisotopic (exact) mass is 564 g/mol. The zero-order valence-corrected chi connectivity index (χ0v) is 23.4. The second kappa shape index (κ2) is 11.4. The molecule has 0 unspecified atom stereocenters. The van der Waals surface area contributed by atoms with Gasteiger partial charge in [0.05, 0.1) is 35.0 Å². The van der Waals surface area contributed by atoms with E-state index in [0.717, 1.165) is 50.9 Å². The maximum absolute atomic E-state index is 14.6. The number of rotatable bonds is 9. The van der Waals surface area contributed by atoms with E-state index in [1.165, 1.54) is 12.1 Å². The number of amides is 1. The predicted octanol–water partition coefficient (Wildman–Crippen LogP) is 5.66. The minimum absolute atomic E-state index is 0.0846. The molecule has 1 aromatic carbocycles. The van der Waals surface area contributed by atoms with Gasteiger partial charge in [0, 0.05) is 65.1 Å². The fourth-order valence-electron chi connectivity index (χ4n) is 4.74. The number of carbonyl (C=O) groups is 1. The Morgan fingerprint density at radius 2 is 1.79 bits per heavy atom. The predicted molar refractivity (Wildman–Crippen MR) is 161 cm³/mol. The highest BCUT2D eigenvalue weighted by Crippen LogP contribution is 2.35. The van der Waals surface area contributed by atoms with Crippen LogP contribution >= 0.6 is 0 Å². The van der Waals surface area contributed by atoms with Crippen LogP contribution in [-0.2, 0) is 4.79 Å². The van der Waals surface area contributed by atoms with Crippen LogP contribution in [0, 0.1) is 5.82 Å². The first-order valence-corrected chi connectivity index (χ1v) is 13.5. The summed E-state index contributed by atoms with van der Waals surface area (Å²) in [5.74, 6) is -0.00432. The summed E-state index contributed by atoms with van der Waals surface area (Å²) in [6, 6.07) is 10.5. The molecule has 0 radical (unpaired) electrons. The highest BCUT2D eigenvalue weighted by Gasteiger charge is 2.16. The third kappa shape index (κ3) is 5.54. The number of H-pyrrole nitrogens is 2. The van der Waals surface area contributed by atoms with Crippen LogP contribution in [0.4, 0.5) is 10.1 Å². The molecule has 212 valence electrons. The van der Waals surface area contributed by atoms with Crippen molar-refractivity contribution >= 4 is 33.5 Å². The molecular formula is C31H29FN8O2. The molecule has 0 fully saturated rings. The fourth-order valence-corrected chi connectivity index (χ4v) is 4.74. The van der Waals surface area contributed by atoms with Gasteiger partial charge in [-0.15, -0.1) is 0 Å². The molecule has 1 amide bonds. The number of hydrogen-bond acceptors (Lipinski definition) is 7. The Morgan fingerprint density at radius 3 is 2.62 bits per heavy atom. The van der Waals surface area contributed by atoms with Crippen molar-refractivity contribution in [1.29, 1.82) is 0 Å². The largest absolute Gasteiger partial charge is 0.492 e. The molecule has 0 saturated heterocycles. The zero-order chi connectivity index (χ0) is 29.2. The lowest BCUT2D eigenvalue weighted by Gasteiger charge is -2.12. The van der Waals surface area contributed by atoms with Gasteiger partial charge < -0.3 is 19.9 Å². The number of anilines is 1. The normalized spacial score (nSPS) is 11.5. The van der Waals surface area contributed by atoms with Crippen LogP contribution in [0.25, 0.3) is 55.6 Å². The number of aromatic amines is 2. The minimum Gasteiger partial charge on any atom is -0.492 e. The molecule has 6 rings (SSSR count). The Bertz CT molecular complexity index is 1910. The number of hydrogen-bond donors (Lipinski definition) is 3. The van der Waals surface area contributed by atoms with E-state index in [2.05, 4.69) is 35.5 Å². The number of benzene rings is 1. The third-order valence-electron chi connectivity index (χ3n) is 6.89. The molecule has 0 aliphatic carbocycles. The Hall–Kier alpha value is -5.16. The summed E-state index contributed by atoms with van der Waals surface area (Å²) in [7, 11) is 3.92. The molecule has 0 aliphatic rings. The summed E-state index contributed by atoms with van der Waals surface area (Å²) in [4.78, 5) is 30.5. The minimum atomic E-state index is -0.383. The van der Waals surface area contributed by atoms with Crippen LogP contribution in [0.3, 0.4) is 0 Å². The van der Waals surface area contributed by atoms with Crippen molar-refractivity contribution < 1.29 is 13.9 Å². The van der Waals surface area contributed by atoms with E-state index in [0.29, 0.717) is 35.7 Å². The van der Waals surface area contributed by atoms with Crippen molar-refractivity contribution in [3.63, 3.8) is 0 Å². The molecule has 0 saturated carbocycles. The second-order valence-electron chi connectivity index (χ2n) is 10.2. The number of carbonyl (C=O) groups excluding carboxylic acids is 1. The van der Waals surface area contributed by atoms with Crippen molar-refractivity contribution in [2.45, 2.75) is 13.3 Å². The maximum Gasteiger partial charge on any atom is 0.224 e. The van der Waals surface area contributed by atoms with Crippen molar-refractivity contribution in [1.82, 2.24) is 35.0 Å². The average Bonchev–Trinajstić information content (AvgIpc) is 3.60. The standard InChI is InChI=1S/C31H29FN8O2/c1-4-29(41)36-22-8-19(13-33-15-22)20-10-25-30(38-39-31(25)35-14-20)27-12-24-26(16-34-17-28(24)37-27)18-7-21(32)11-23(9-18)42-6-5-40(2)3/h7-17,37H,4-6H2,1-3H3,(H,36,41)(H,35,38,39). The van der Waals surface area contributed by atoms with Gasteiger partial charge >= 0.3 is 0 Å². The van der Waals surface area contributed by atoms with Gasteiger partial charge in [-0.3, -0.25) is 19.9 Å². The number of halogens is 1. The first-order valence-electron chi connectivity index (χ1n) is 13.5. The van der Waals surface area contributed by atoms with Gasteiger partial charge in [0.1, 0.15) is 18.2 Å². The number of nitrogens with one attached hydrogen (secondary N) is 3. The molecule has 11 heteroatoms. The molecule has 0 atom stereocenters. The summed E-state index contributed by atoms with van der Waals surface area (Å²) in [6.07, 6.45) is 8.90. The van der Waals surface area contributed by atoms with Crippen LogP contribution < -0.4 is 10.1 Å². The van der Waals surface area contributed by atoms with Gasteiger partial charge in [0.2, 0.25) is 5.91 Å². The number of likely N-dealkylation sites (N-methyl/N-ethyl adjacent to an activating group) is 1. The fraction of sp³-hybridized carbons (Fsp3) is 0.194. The molecule has 0 spiro atoms. The first-order chi connectivity index (χ1) is 20.4. The van der Waals surface area contributed by atoms with Crippen LogP contribution in [-0.4, -0.2) is 68.2 Å². The lowest BCUT2D eigenvalue weighted by atomic mass is 10.0. The van der Waals surface area contributed by atoms with E-state index in [9.17, 15) is 9.18 Å². The Morgan fingerprint density at radius 1 is 0.952 bits per heavy atom. The lowest BCUT2D eigenvalue weighted by molar-refractivity contribution is -0.115. The SMILES string of the molecule is CCC(=O)Nc1cncc(-c2cnc3n[nH]c(-c4cc5c(-c6cc(F)cc(OCCN(C)C)c6)cncc5[nH]4)c3c2)c1. The summed E-state index contributed by atoms with van der Waals surface area (Å²) in [5, 5.41) is 12.0. The molecule has 3 N–H and O–H groups in total. The van der Waals surface area contributed by atoms with Crippen molar-refractivity contribution in [2.24, 2.45) is 0 Å². The van der Waals surface area contributed by atoms with E-state index < -0.39 is 0 Å². The summed E-state index contributed by atoms with van der Waals surface area (Å²) < 4.78 is 20.4. The molecule has 6 aromatic rings. The van der Waals surface area contributed by atoms with Gasteiger partial charge in [0.15, 0.2) is 5.65 Å². The Balaban J connectivity index is 1.36. The van der Waals surface area contributed by atoms with Crippen LogP contribution in [0.15, 0.2) is 67.4 Å². The summed E-state index contributed by atoms with van der Waals surface area (Å²) in [6.45, 7) is 2.96. The second-order valence-corrected chi connectivity index (χ2v) is 10.2. The van der Waals surface area contributed by atoms with E-state index in [-0.39, 0.29) is 11.7 Å². The number of nitrogens with zero attached hydrogens (tertiary/aromatic N) is 5. The third-order valence-corrected chi connectivity index (χ3v) is 6.89. The average molecular weight is 565 g/mol. The van der Waals surface area contributed by atoms with Gasteiger partial charge in [-0.05, 0) is 50.0 Å². The number of fused-ring (bicyclic) bond motifs is 2. The van der Waals surface area contributed by atoms with E-state index in [4.69, 9.17) is 4.74 Å². The van der Waals surface area contributed by atoms with Crippen LogP contribution in [0.5, 0.6) is 5.75 Å². The van der Waals surface area contributed by atoms with Crippen molar-refractivity contribution in [3.05, 3.63) is 73.2 Å². The maximum atomic E-state index is 14.6. The van der Waals surface area contributed by atoms with Crippen LogP contribution in [0.2, 0.25) is 0 Å². The highest BCUT2D eigenvalue weighted by molar-refractivity contribution is 6.01. The topological polar surface area (TPSA) is 125 Å².